The van der Waals surface area contributed by atoms with Gasteiger partial charge in [0, 0.05) is 5.41 Å². The largest absolute Gasteiger partial charge is 0.444 e. The van der Waals surface area contributed by atoms with Crippen LogP contribution in [0.5, 0.6) is 0 Å². The van der Waals surface area contributed by atoms with Gasteiger partial charge in [-0.15, -0.1) is 0 Å². The Morgan fingerprint density at radius 3 is 2.00 bits per heavy atom. The second-order valence-corrected chi connectivity index (χ2v) is 6.55. The minimum Gasteiger partial charge on any atom is -0.444 e. The number of unbranched alkanes of at least 4 members (excludes halogenated alkanes) is 6. The molecule has 0 bridgehead atoms. The zero-order chi connectivity index (χ0) is 14.8. The molecule has 0 aromatic carbocycles. The fourth-order valence-corrected chi connectivity index (χ4v) is 3.14. The minimum atomic E-state index is -0.233. The van der Waals surface area contributed by atoms with Crippen molar-refractivity contribution in [1.29, 1.82) is 0 Å². The van der Waals surface area contributed by atoms with Gasteiger partial charge in [0.2, 0.25) is 0 Å². The highest BCUT2D eigenvalue weighted by molar-refractivity contribution is 5.69. The summed E-state index contributed by atoms with van der Waals surface area (Å²) in [6.45, 7) is 7.49. The molecular formula is C17H33NO2. The first-order valence-electron chi connectivity index (χ1n) is 8.57. The Bertz CT molecular complexity index is 266. The summed E-state index contributed by atoms with van der Waals surface area (Å²) in [5.41, 5.74) is 0.153. The number of amides is 1. The van der Waals surface area contributed by atoms with E-state index < -0.39 is 0 Å². The highest BCUT2D eigenvalue weighted by atomic mass is 16.6. The number of rotatable bonds is 11. The fourth-order valence-electron chi connectivity index (χ4n) is 3.14. The first-order valence-corrected chi connectivity index (χ1v) is 8.57. The maximum Gasteiger partial charge on any atom is 0.407 e. The standard InChI is InChI=1S/C17H33NO2/c1-4-6-8-10-12-17(3,13-11-9-7-5-2)15-14-18-16(19)20-15/h15H,4-14H2,1-3H3,(H,18,19). The Hall–Kier alpha value is -0.730. The van der Waals surface area contributed by atoms with Crippen LogP contribution in [0.25, 0.3) is 0 Å². The third-order valence-electron chi connectivity index (χ3n) is 4.66. The van der Waals surface area contributed by atoms with E-state index in [4.69, 9.17) is 4.74 Å². The molecule has 0 radical (unpaired) electrons. The average molecular weight is 283 g/mol. The van der Waals surface area contributed by atoms with E-state index in [9.17, 15) is 4.79 Å². The van der Waals surface area contributed by atoms with Crippen LogP contribution >= 0.6 is 0 Å². The molecule has 1 rings (SSSR count). The van der Waals surface area contributed by atoms with Crippen molar-refractivity contribution < 1.29 is 9.53 Å². The van der Waals surface area contributed by atoms with Gasteiger partial charge in [-0.3, -0.25) is 0 Å². The van der Waals surface area contributed by atoms with Crippen molar-refractivity contribution in [2.45, 2.75) is 91.1 Å². The molecule has 0 spiro atoms. The lowest BCUT2D eigenvalue weighted by Crippen LogP contribution is -2.35. The molecule has 1 amide bonds. The average Bonchev–Trinajstić information content (AvgIpc) is 2.87. The molecule has 1 N–H and O–H groups in total. The summed E-state index contributed by atoms with van der Waals surface area (Å²) < 4.78 is 5.49. The van der Waals surface area contributed by atoms with Crippen LogP contribution in [0.4, 0.5) is 4.79 Å². The quantitative estimate of drug-likeness (QED) is 0.539. The molecule has 118 valence electrons. The van der Waals surface area contributed by atoms with Crippen molar-refractivity contribution in [3.8, 4) is 0 Å². The van der Waals surface area contributed by atoms with Gasteiger partial charge in [-0.25, -0.2) is 4.79 Å². The van der Waals surface area contributed by atoms with Gasteiger partial charge in [-0.05, 0) is 12.8 Å². The Labute approximate surface area is 124 Å². The summed E-state index contributed by atoms with van der Waals surface area (Å²) in [4.78, 5) is 11.3. The van der Waals surface area contributed by atoms with Gasteiger partial charge in [0.1, 0.15) is 6.10 Å². The maximum atomic E-state index is 11.3. The SMILES string of the molecule is CCCCCCC(C)(CCCCCC)C1CNC(=O)O1. The first-order chi connectivity index (χ1) is 9.62. The van der Waals surface area contributed by atoms with E-state index in [0.717, 1.165) is 0 Å². The van der Waals surface area contributed by atoms with E-state index in [2.05, 4.69) is 26.1 Å². The van der Waals surface area contributed by atoms with E-state index in [1.165, 1.54) is 64.2 Å². The van der Waals surface area contributed by atoms with Crippen LogP contribution < -0.4 is 5.32 Å². The van der Waals surface area contributed by atoms with E-state index in [0.29, 0.717) is 6.54 Å². The maximum absolute atomic E-state index is 11.3. The molecule has 0 saturated carbocycles. The third-order valence-corrected chi connectivity index (χ3v) is 4.66. The number of ether oxygens (including phenoxy) is 1. The number of hydrogen-bond donors (Lipinski definition) is 1. The molecule has 1 unspecified atom stereocenters. The Morgan fingerprint density at radius 2 is 1.60 bits per heavy atom. The fraction of sp³-hybridized carbons (Fsp3) is 0.941. The Kier molecular flexibility index (Phi) is 8.01. The summed E-state index contributed by atoms with van der Waals surface area (Å²) in [6, 6.07) is 0. The summed E-state index contributed by atoms with van der Waals surface area (Å²) >= 11 is 0. The molecule has 0 aromatic heterocycles. The molecule has 1 atom stereocenters. The zero-order valence-corrected chi connectivity index (χ0v) is 13.7. The topological polar surface area (TPSA) is 38.3 Å². The van der Waals surface area contributed by atoms with E-state index in [1.54, 1.807) is 0 Å². The number of alkyl carbamates (subject to hydrolysis) is 1. The number of nitrogens with one attached hydrogen (secondary N) is 1. The predicted molar refractivity (Wildman–Crippen MR) is 83.9 cm³/mol. The van der Waals surface area contributed by atoms with Gasteiger partial charge >= 0.3 is 6.09 Å². The molecule has 3 nitrogen and oxygen atoms in total. The van der Waals surface area contributed by atoms with Crippen LogP contribution in [-0.2, 0) is 4.74 Å². The lowest BCUT2D eigenvalue weighted by atomic mass is 9.75. The van der Waals surface area contributed by atoms with Crippen molar-refractivity contribution in [1.82, 2.24) is 5.32 Å². The van der Waals surface area contributed by atoms with Crippen LogP contribution in [0.15, 0.2) is 0 Å². The van der Waals surface area contributed by atoms with Crippen LogP contribution in [0.1, 0.15) is 85.0 Å². The van der Waals surface area contributed by atoms with Crippen molar-refractivity contribution in [2.24, 2.45) is 5.41 Å². The van der Waals surface area contributed by atoms with Gasteiger partial charge in [0.25, 0.3) is 0 Å². The normalized spacial score (nSPS) is 18.9. The summed E-state index contributed by atoms with van der Waals surface area (Å²) in [5, 5.41) is 2.82. The van der Waals surface area contributed by atoms with E-state index >= 15 is 0 Å². The third kappa shape index (κ3) is 5.72. The molecule has 3 heteroatoms. The van der Waals surface area contributed by atoms with E-state index in [1.807, 2.05) is 0 Å². The molecule has 0 aliphatic carbocycles. The highest BCUT2D eigenvalue weighted by Crippen LogP contribution is 2.37. The van der Waals surface area contributed by atoms with Gasteiger partial charge in [-0.2, -0.15) is 0 Å². The predicted octanol–water partition coefficient (Wildman–Crippen LogP) is 5.04. The van der Waals surface area contributed by atoms with Gasteiger partial charge in [0.05, 0.1) is 6.54 Å². The molecule has 0 aromatic rings. The van der Waals surface area contributed by atoms with E-state index in [-0.39, 0.29) is 17.6 Å². The Balaban J connectivity index is 2.45. The van der Waals surface area contributed by atoms with Crippen molar-refractivity contribution in [3.63, 3.8) is 0 Å². The van der Waals surface area contributed by atoms with Crippen molar-refractivity contribution in [3.05, 3.63) is 0 Å². The minimum absolute atomic E-state index is 0.0678. The Morgan fingerprint density at radius 1 is 1.05 bits per heavy atom. The van der Waals surface area contributed by atoms with Crippen LogP contribution in [0.2, 0.25) is 0 Å². The number of carbonyl (C=O) groups excluding carboxylic acids is 1. The molecule has 1 saturated heterocycles. The molecule has 20 heavy (non-hydrogen) atoms. The van der Waals surface area contributed by atoms with Crippen LogP contribution in [0.3, 0.4) is 0 Å². The second kappa shape index (κ2) is 9.25. The number of carbonyl (C=O) groups is 1. The van der Waals surface area contributed by atoms with Crippen molar-refractivity contribution >= 4 is 6.09 Å². The van der Waals surface area contributed by atoms with Crippen LogP contribution in [0, 0.1) is 5.41 Å². The number of hydrogen-bond acceptors (Lipinski definition) is 2. The smallest absolute Gasteiger partial charge is 0.407 e. The van der Waals surface area contributed by atoms with Gasteiger partial charge in [-0.1, -0.05) is 72.1 Å². The van der Waals surface area contributed by atoms with Crippen LogP contribution in [-0.4, -0.2) is 18.7 Å². The monoisotopic (exact) mass is 283 g/mol. The number of cyclic esters (lactones) is 1. The zero-order valence-electron chi connectivity index (χ0n) is 13.7. The summed E-state index contributed by atoms with van der Waals surface area (Å²) in [6.07, 6.45) is 12.5. The first kappa shape index (κ1) is 17.3. The summed E-state index contributed by atoms with van der Waals surface area (Å²) in [5.74, 6) is 0. The lowest BCUT2D eigenvalue weighted by molar-refractivity contribution is 0.0358. The lowest BCUT2D eigenvalue weighted by Gasteiger charge is -2.34. The summed E-state index contributed by atoms with van der Waals surface area (Å²) in [7, 11) is 0. The second-order valence-electron chi connectivity index (χ2n) is 6.55. The molecule has 1 aliphatic heterocycles. The molecule has 1 heterocycles. The van der Waals surface area contributed by atoms with Gasteiger partial charge in [0.15, 0.2) is 0 Å². The molecular weight excluding hydrogens is 250 g/mol. The van der Waals surface area contributed by atoms with Gasteiger partial charge < -0.3 is 10.1 Å². The molecule has 1 aliphatic rings. The highest BCUT2D eigenvalue weighted by Gasteiger charge is 2.39. The molecule has 1 fully saturated rings. The van der Waals surface area contributed by atoms with Crippen molar-refractivity contribution in [2.75, 3.05) is 6.54 Å².